The number of anilines is 1. The number of benzene rings is 1. The van der Waals surface area contributed by atoms with Gasteiger partial charge in [-0.25, -0.2) is 9.18 Å². The van der Waals surface area contributed by atoms with E-state index in [0.29, 0.717) is 11.1 Å². The Kier molecular flexibility index (Phi) is 3.27. The highest BCUT2D eigenvalue weighted by molar-refractivity contribution is 5.97. The van der Waals surface area contributed by atoms with Gasteiger partial charge in [-0.05, 0) is 24.6 Å². The van der Waals surface area contributed by atoms with E-state index in [9.17, 15) is 9.18 Å². The molecule has 0 radical (unpaired) electrons. The fourth-order valence-corrected chi connectivity index (χ4v) is 1.54. The van der Waals surface area contributed by atoms with Crippen LogP contribution >= 0.6 is 0 Å². The molecule has 0 spiro atoms. The first-order valence-corrected chi connectivity index (χ1v) is 5.31. The molecular weight excluding hydrogens is 239 g/mol. The molecule has 1 aromatic carbocycles. The van der Waals surface area contributed by atoms with Crippen LogP contribution in [0.3, 0.4) is 0 Å². The topological polar surface area (TPSA) is 78.3 Å². The van der Waals surface area contributed by atoms with Crippen LogP contribution in [-0.2, 0) is 4.74 Å². The van der Waals surface area contributed by atoms with Gasteiger partial charge in [-0.15, -0.1) is 0 Å². The Bertz CT molecular complexity index is 563. The van der Waals surface area contributed by atoms with E-state index >= 15 is 0 Å². The minimum atomic E-state index is -0.628. The molecule has 6 heteroatoms. The molecule has 2 rings (SSSR count). The first-order chi connectivity index (χ1) is 8.63. The lowest BCUT2D eigenvalue weighted by atomic mass is 10.1. The molecule has 2 aromatic rings. The van der Waals surface area contributed by atoms with Crippen LogP contribution in [0.5, 0.6) is 0 Å². The Morgan fingerprint density at radius 3 is 2.72 bits per heavy atom. The molecular formula is C12H11FN2O3. The second-order valence-electron chi connectivity index (χ2n) is 3.50. The molecule has 0 amide bonds. The first kappa shape index (κ1) is 12.1. The third-order valence-electron chi connectivity index (χ3n) is 2.32. The van der Waals surface area contributed by atoms with Gasteiger partial charge >= 0.3 is 5.97 Å². The van der Waals surface area contributed by atoms with Gasteiger partial charge in [-0.3, -0.25) is 0 Å². The summed E-state index contributed by atoms with van der Waals surface area (Å²) in [7, 11) is 0. The van der Waals surface area contributed by atoms with Gasteiger partial charge in [0.1, 0.15) is 5.82 Å². The van der Waals surface area contributed by atoms with Gasteiger partial charge in [-0.1, -0.05) is 17.3 Å². The molecule has 5 nitrogen and oxygen atoms in total. The summed E-state index contributed by atoms with van der Waals surface area (Å²) in [5.74, 6) is -1.02. The van der Waals surface area contributed by atoms with Gasteiger partial charge in [0.2, 0.25) is 11.6 Å². The molecule has 94 valence electrons. The second kappa shape index (κ2) is 4.87. The standard InChI is InChI=1S/C12H11FN2O3/c1-2-17-12(16)10-9(11(14)18-15-10)7-3-5-8(13)6-4-7/h3-6H,2,14H2,1H3. The van der Waals surface area contributed by atoms with Crippen molar-refractivity contribution in [3.63, 3.8) is 0 Å². The van der Waals surface area contributed by atoms with Crippen molar-refractivity contribution in [3.05, 3.63) is 35.8 Å². The summed E-state index contributed by atoms with van der Waals surface area (Å²) in [6, 6.07) is 5.50. The third-order valence-corrected chi connectivity index (χ3v) is 2.32. The number of aromatic nitrogens is 1. The number of carbonyl (C=O) groups excluding carboxylic acids is 1. The maximum atomic E-state index is 12.8. The number of rotatable bonds is 3. The lowest BCUT2D eigenvalue weighted by molar-refractivity contribution is 0.0515. The SMILES string of the molecule is CCOC(=O)c1noc(N)c1-c1ccc(F)cc1. The number of hydrogen-bond acceptors (Lipinski definition) is 5. The number of halogens is 1. The van der Waals surface area contributed by atoms with Crippen LogP contribution in [0.1, 0.15) is 17.4 Å². The zero-order valence-electron chi connectivity index (χ0n) is 9.64. The van der Waals surface area contributed by atoms with Crippen LogP contribution in [0, 0.1) is 5.82 Å². The Morgan fingerprint density at radius 1 is 1.44 bits per heavy atom. The van der Waals surface area contributed by atoms with Crippen LogP contribution in [0.15, 0.2) is 28.8 Å². The first-order valence-electron chi connectivity index (χ1n) is 5.31. The minimum absolute atomic E-state index is 0.00957. The monoisotopic (exact) mass is 250 g/mol. The lowest BCUT2D eigenvalue weighted by Crippen LogP contribution is -2.06. The van der Waals surface area contributed by atoms with Gasteiger partial charge in [0.25, 0.3) is 0 Å². The van der Waals surface area contributed by atoms with E-state index in [4.69, 9.17) is 15.0 Å². The molecule has 0 unspecified atom stereocenters. The van der Waals surface area contributed by atoms with Gasteiger partial charge in [0.15, 0.2) is 0 Å². The van der Waals surface area contributed by atoms with Crippen LogP contribution in [-0.4, -0.2) is 17.7 Å². The van der Waals surface area contributed by atoms with E-state index in [0.717, 1.165) is 0 Å². The highest BCUT2D eigenvalue weighted by atomic mass is 19.1. The fraction of sp³-hybridized carbons (Fsp3) is 0.167. The van der Waals surface area contributed by atoms with Crippen molar-refractivity contribution in [1.82, 2.24) is 5.16 Å². The molecule has 0 saturated carbocycles. The maximum absolute atomic E-state index is 12.8. The van der Waals surface area contributed by atoms with Crippen molar-refractivity contribution >= 4 is 11.9 Å². The van der Waals surface area contributed by atoms with E-state index in [1.165, 1.54) is 24.3 Å². The molecule has 18 heavy (non-hydrogen) atoms. The summed E-state index contributed by atoms with van der Waals surface area (Å²) in [5, 5.41) is 3.56. The Morgan fingerprint density at radius 2 is 2.11 bits per heavy atom. The molecule has 1 aromatic heterocycles. The zero-order chi connectivity index (χ0) is 13.1. The Hall–Kier alpha value is -2.37. The predicted octanol–water partition coefficient (Wildman–Crippen LogP) is 2.24. The summed E-state index contributed by atoms with van der Waals surface area (Å²) in [6.07, 6.45) is 0. The van der Waals surface area contributed by atoms with Crippen molar-refractivity contribution in [1.29, 1.82) is 0 Å². The van der Waals surface area contributed by atoms with Crippen LogP contribution in [0.2, 0.25) is 0 Å². The highest BCUT2D eigenvalue weighted by Gasteiger charge is 2.22. The largest absolute Gasteiger partial charge is 0.461 e. The molecule has 0 bridgehead atoms. The lowest BCUT2D eigenvalue weighted by Gasteiger charge is -2.02. The second-order valence-corrected chi connectivity index (χ2v) is 3.50. The van der Waals surface area contributed by atoms with Gasteiger partial charge in [0, 0.05) is 0 Å². The molecule has 0 saturated heterocycles. The normalized spacial score (nSPS) is 10.3. The van der Waals surface area contributed by atoms with E-state index in [1.54, 1.807) is 6.92 Å². The van der Waals surface area contributed by atoms with Crippen molar-refractivity contribution in [2.24, 2.45) is 0 Å². The number of nitrogens with two attached hydrogens (primary N) is 1. The summed E-state index contributed by atoms with van der Waals surface area (Å²) >= 11 is 0. The Labute approximate surface area is 102 Å². The number of hydrogen-bond donors (Lipinski definition) is 1. The molecule has 1 heterocycles. The third kappa shape index (κ3) is 2.17. The molecule has 0 aliphatic carbocycles. The van der Waals surface area contributed by atoms with E-state index < -0.39 is 5.97 Å². The minimum Gasteiger partial charge on any atom is -0.461 e. The maximum Gasteiger partial charge on any atom is 0.361 e. The highest BCUT2D eigenvalue weighted by Crippen LogP contribution is 2.30. The van der Waals surface area contributed by atoms with E-state index in [1.807, 2.05) is 0 Å². The van der Waals surface area contributed by atoms with Gasteiger partial charge in [0.05, 0.1) is 12.2 Å². The molecule has 2 N–H and O–H groups in total. The molecule has 0 aliphatic heterocycles. The average Bonchev–Trinajstić information content (AvgIpc) is 2.73. The van der Waals surface area contributed by atoms with Crippen LogP contribution in [0.4, 0.5) is 10.3 Å². The summed E-state index contributed by atoms with van der Waals surface area (Å²) in [6.45, 7) is 1.90. The van der Waals surface area contributed by atoms with Crippen molar-refractivity contribution in [2.45, 2.75) is 6.92 Å². The predicted molar refractivity (Wildman–Crippen MR) is 62.3 cm³/mol. The molecule has 0 aliphatic rings. The molecule has 0 atom stereocenters. The zero-order valence-corrected chi connectivity index (χ0v) is 9.64. The number of ether oxygens (including phenoxy) is 1. The van der Waals surface area contributed by atoms with Gasteiger partial charge < -0.3 is 15.0 Å². The Balaban J connectivity index is 2.46. The van der Waals surface area contributed by atoms with E-state index in [-0.39, 0.29) is 24.0 Å². The van der Waals surface area contributed by atoms with Gasteiger partial charge in [-0.2, -0.15) is 0 Å². The number of carbonyl (C=O) groups is 1. The van der Waals surface area contributed by atoms with Crippen molar-refractivity contribution in [3.8, 4) is 11.1 Å². The summed E-state index contributed by atoms with van der Waals surface area (Å²) in [4.78, 5) is 11.6. The number of nitrogen functional groups attached to an aromatic ring is 1. The smallest absolute Gasteiger partial charge is 0.361 e. The number of esters is 1. The average molecular weight is 250 g/mol. The van der Waals surface area contributed by atoms with Crippen LogP contribution < -0.4 is 5.73 Å². The molecule has 0 fully saturated rings. The quantitative estimate of drug-likeness (QED) is 0.845. The summed E-state index contributed by atoms with van der Waals surface area (Å²) in [5.41, 5.74) is 6.46. The van der Waals surface area contributed by atoms with Crippen LogP contribution in [0.25, 0.3) is 11.1 Å². The van der Waals surface area contributed by atoms with Crippen molar-refractivity contribution in [2.75, 3.05) is 12.3 Å². The van der Waals surface area contributed by atoms with Crippen molar-refractivity contribution < 1.29 is 18.4 Å². The number of nitrogens with zero attached hydrogens (tertiary/aromatic N) is 1. The fourth-order valence-electron chi connectivity index (χ4n) is 1.54. The van der Waals surface area contributed by atoms with E-state index in [2.05, 4.69) is 5.16 Å². The summed E-state index contributed by atoms with van der Waals surface area (Å²) < 4.78 is 22.5.